The van der Waals surface area contributed by atoms with Crippen LogP contribution in [0.1, 0.15) is 13.3 Å². The van der Waals surface area contributed by atoms with Gasteiger partial charge in [-0.25, -0.2) is 9.59 Å². The second kappa shape index (κ2) is 18.7. The van der Waals surface area contributed by atoms with E-state index in [-0.39, 0.29) is 62.3 Å². The molecule has 0 aromatic rings. The summed E-state index contributed by atoms with van der Waals surface area (Å²) in [5, 5.41) is 62.3. The van der Waals surface area contributed by atoms with Crippen LogP contribution in [0, 0.1) is 11.8 Å². The highest BCUT2D eigenvalue weighted by Crippen LogP contribution is 2.37. The Kier molecular flexibility index (Phi) is 15.0. The van der Waals surface area contributed by atoms with E-state index in [0.29, 0.717) is 12.0 Å². The number of carboxylic acid groups (broad SMARTS) is 1. The lowest BCUT2D eigenvalue weighted by atomic mass is 9.83. The number of aliphatic imine (C=N–C) groups is 1. The highest BCUT2D eigenvalue weighted by molar-refractivity contribution is 5.92. The summed E-state index contributed by atoms with van der Waals surface area (Å²) >= 11 is 0. The summed E-state index contributed by atoms with van der Waals surface area (Å²) in [4.78, 5) is 30.9. The van der Waals surface area contributed by atoms with Crippen LogP contribution >= 0.6 is 0 Å². The fourth-order valence-electron chi connectivity index (χ4n) is 5.40. The standard InChI is InChI=1S/C31H46N4O13/c1-4-18-19(8-7-17-13-35(10-12-37)14-20(27(41)42)23(17)34-31(32)33-9-6-11-36)21(28(43)44-3)16-46-29(18)48-30-26(45-5-2)25(40)24(39)22(15-38)47-30/h4,7-8,13,16,18-19,22,24-26,29-30,36-40H,1,5-6,9-12,14-15H2,2-3H3,(H,41,42)(H3,32,33,34). The van der Waals surface area contributed by atoms with Crippen molar-refractivity contribution in [2.75, 3.05) is 53.2 Å². The van der Waals surface area contributed by atoms with E-state index in [1.807, 2.05) is 0 Å². The molecule has 3 heterocycles. The van der Waals surface area contributed by atoms with Crippen LogP contribution in [0.3, 0.4) is 0 Å². The van der Waals surface area contributed by atoms with E-state index in [4.69, 9.17) is 34.5 Å². The quantitative estimate of drug-likeness (QED) is 0.0289. The van der Waals surface area contributed by atoms with Crippen LogP contribution in [0.5, 0.6) is 0 Å². The number of aliphatic hydroxyl groups excluding tert-OH is 5. The number of hydrogen-bond acceptors (Lipinski definition) is 14. The number of rotatable bonds is 16. The fraction of sp³-hybridized carbons (Fsp3) is 0.581. The first-order valence-electron chi connectivity index (χ1n) is 15.4. The smallest absolute Gasteiger partial charge is 0.337 e. The molecule has 268 valence electrons. The molecule has 17 nitrogen and oxygen atoms in total. The second-order valence-electron chi connectivity index (χ2n) is 10.9. The van der Waals surface area contributed by atoms with Crippen LogP contribution in [0.2, 0.25) is 0 Å². The molecule has 8 atom stereocenters. The molecule has 0 spiro atoms. The highest BCUT2D eigenvalue weighted by atomic mass is 16.8. The molecular formula is C31H46N4O13. The first-order chi connectivity index (χ1) is 23.0. The summed E-state index contributed by atoms with van der Waals surface area (Å²) in [6, 6.07) is 0. The van der Waals surface area contributed by atoms with Gasteiger partial charge in [-0.2, -0.15) is 0 Å². The molecule has 3 aliphatic heterocycles. The van der Waals surface area contributed by atoms with Crippen molar-refractivity contribution >= 4 is 17.9 Å². The Bertz CT molecular complexity index is 1280. The molecule has 48 heavy (non-hydrogen) atoms. The third-order valence-corrected chi connectivity index (χ3v) is 7.82. The summed E-state index contributed by atoms with van der Waals surface area (Å²) in [5.74, 6) is -3.72. The summed E-state index contributed by atoms with van der Waals surface area (Å²) in [6.07, 6.45) is -0.0517. The van der Waals surface area contributed by atoms with Crippen molar-refractivity contribution in [1.29, 1.82) is 0 Å². The molecule has 3 rings (SSSR count). The number of β-amino-alcohol motifs (C(OH)–C–C–N with tert-alkyl or cyclic N) is 1. The summed E-state index contributed by atoms with van der Waals surface area (Å²) in [7, 11) is 1.19. The number of carbonyl (C=O) groups is 2. The van der Waals surface area contributed by atoms with Gasteiger partial charge in [-0.1, -0.05) is 18.2 Å². The van der Waals surface area contributed by atoms with Gasteiger partial charge in [0.1, 0.15) is 24.4 Å². The third kappa shape index (κ3) is 9.42. The number of guanidine groups is 1. The van der Waals surface area contributed by atoms with Crippen molar-refractivity contribution in [1.82, 2.24) is 10.2 Å². The molecule has 8 unspecified atom stereocenters. The number of nitrogens with two attached hydrogens (primary N) is 1. The third-order valence-electron chi connectivity index (χ3n) is 7.82. The first-order valence-corrected chi connectivity index (χ1v) is 15.4. The van der Waals surface area contributed by atoms with E-state index in [1.54, 1.807) is 30.2 Å². The molecule has 0 aromatic heterocycles. The van der Waals surface area contributed by atoms with Crippen LogP contribution in [-0.4, -0.2) is 144 Å². The lowest BCUT2D eigenvalue weighted by molar-refractivity contribution is -0.344. The van der Waals surface area contributed by atoms with Crippen molar-refractivity contribution in [3.05, 3.63) is 59.7 Å². The molecule has 17 heteroatoms. The van der Waals surface area contributed by atoms with Crippen molar-refractivity contribution < 1.29 is 63.9 Å². The zero-order chi connectivity index (χ0) is 35.4. The monoisotopic (exact) mass is 682 g/mol. The van der Waals surface area contributed by atoms with Crippen molar-refractivity contribution in [3.8, 4) is 0 Å². The Morgan fingerprint density at radius 2 is 1.96 bits per heavy atom. The second-order valence-corrected chi connectivity index (χ2v) is 10.9. The Hall–Kier alpha value is -3.81. The molecular weight excluding hydrogens is 636 g/mol. The van der Waals surface area contributed by atoms with E-state index in [2.05, 4.69) is 16.9 Å². The molecule has 1 fully saturated rings. The zero-order valence-electron chi connectivity index (χ0n) is 26.9. The van der Waals surface area contributed by atoms with Crippen LogP contribution in [0.25, 0.3) is 0 Å². The van der Waals surface area contributed by atoms with Crippen LogP contribution in [0.4, 0.5) is 0 Å². The van der Waals surface area contributed by atoms with Gasteiger partial charge < -0.3 is 70.3 Å². The lowest BCUT2D eigenvalue weighted by Crippen LogP contribution is -2.61. The van der Waals surface area contributed by atoms with Gasteiger partial charge >= 0.3 is 11.9 Å². The van der Waals surface area contributed by atoms with Gasteiger partial charge in [0.15, 0.2) is 12.2 Å². The number of methoxy groups -OCH3 is 1. The predicted molar refractivity (Wildman–Crippen MR) is 168 cm³/mol. The number of allylic oxidation sites excluding steroid dienone is 2. The van der Waals surface area contributed by atoms with Crippen molar-refractivity contribution in [2.45, 2.75) is 50.3 Å². The van der Waals surface area contributed by atoms with Gasteiger partial charge in [0.2, 0.25) is 6.29 Å². The van der Waals surface area contributed by atoms with Gasteiger partial charge in [-0.15, -0.1) is 6.58 Å². The minimum Gasteiger partial charge on any atom is -0.478 e. The van der Waals surface area contributed by atoms with E-state index in [0.717, 1.165) is 6.26 Å². The van der Waals surface area contributed by atoms with E-state index in [1.165, 1.54) is 13.2 Å². The Labute approximate surface area is 277 Å². The molecule has 0 amide bonds. The molecule has 0 aromatic carbocycles. The zero-order valence-corrected chi connectivity index (χ0v) is 26.9. The number of aliphatic carboxylic acids is 1. The Morgan fingerprint density at radius 3 is 2.56 bits per heavy atom. The number of ether oxygens (including phenoxy) is 5. The maximum atomic E-state index is 12.9. The van der Waals surface area contributed by atoms with Crippen LogP contribution < -0.4 is 11.1 Å². The number of carboxylic acids is 1. The number of nitrogens with one attached hydrogen (secondary N) is 1. The summed E-state index contributed by atoms with van der Waals surface area (Å²) in [5.41, 5.74) is 6.48. The number of aliphatic hydroxyl groups is 5. The molecule has 0 aliphatic carbocycles. The number of nitrogens with zero attached hydrogens (tertiary/aromatic N) is 2. The van der Waals surface area contributed by atoms with Crippen molar-refractivity contribution in [2.24, 2.45) is 22.6 Å². The Morgan fingerprint density at radius 1 is 1.21 bits per heavy atom. The van der Waals surface area contributed by atoms with Gasteiger partial charge in [-0.05, 0) is 13.3 Å². The van der Waals surface area contributed by atoms with Gasteiger partial charge in [-0.3, -0.25) is 4.99 Å². The number of esters is 1. The topological polar surface area (TPSA) is 255 Å². The highest BCUT2D eigenvalue weighted by Gasteiger charge is 2.48. The lowest BCUT2D eigenvalue weighted by Gasteiger charge is -2.44. The van der Waals surface area contributed by atoms with Crippen molar-refractivity contribution in [3.63, 3.8) is 0 Å². The van der Waals surface area contributed by atoms with E-state index < -0.39 is 67.4 Å². The maximum absolute atomic E-state index is 12.9. The molecule has 1 saturated heterocycles. The summed E-state index contributed by atoms with van der Waals surface area (Å²) < 4.78 is 28.2. The molecule has 9 N–H and O–H groups in total. The normalized spacial score (nSPS) is 29.6. The molecule has 0 radical (unpaired) electrons. The van der Waals surface area contributed by atoms with E-state index >= 15 is 0 Å². The average molecular weight is 683 g/mol. The largest absolute Gasteiger partial charge is 0.478 e. The number of carbonyl (C=O) groups excluding carboxylic acids is 1. The fourth-order valence-corrected chi connectivity index (χ4v) is 5.40. The first kappa shape index (κ1) is 38.6. The minimum atomic E-state index is -1.47. The minimum absolute atomic E-state index is 0.0625. The van der Waals surface area contributed by atoms with E-state index in [9.17, 15) is 35.1 Å². The van der Waals surface area contributed by atoms with Crippen LogP contribution in [-0.2, 0) is 33.3 Å². The van der Waals surface area contributed by atoms with Gasteiger partial charge in [0, 0.05) is 44.0 Å². The van der Waals surface area contributed by atoms with Gasteiger partial charge in [0.05, 0.1) is 55.9 Å². The summed E-state index contributed by atoms with van der Waals surface area (Å²) in [6.45, 7) is 4.97. The van der Waals surface area contributed by atoms with Crippen LogP contribution in [0.15, 0.2) is 64.7 Å². The number of hydrogen-bond donors (Lipinski definition) is 8. The average Bonchev–Trinajstić information content (AvgIpc) is 3.07. The molecule has 0 bridgehead atoms. The Balaban J connectivity index is 2.03. The SMILES string of the molecule is C=CC1C(OC2OC(CO)C(O)C(O)C2OCC)OC=C(C(=O)OC)C1C=CC1=CN(CCO)CC(C(=O)O)=C1NC(N)=NCCCO. The van der Waals surface area contributed by atoms with Gasteiger partial charge in [0.25, 0.3) is 0 Å². The maximum Gasteiger partial charge on any atom is 0.337 e. The predicted octanol–water partition coefficient (Wildman–Crippen LogP) is -1.95. The molecule has 3 aliphatic rings. The molecule has 0 saturated carbocycles.